The van der Waals surface area contributed by atoms with E-state index in [1.54, 1.807) is 24.3 Å². The lowest BCUT2D eigenvalue weighted by Crippen LogP contribution is -2.34. The highest BCUT2D eigenvalue weighted by Gasteiger charge is 2.36. The van der Waals surface area contributed by atoms with Crippen LogP contribution in [0.25, 0.3) is 10.8 Å². The van der Waals surface area contributed by atoms with Crippen LogP contribution in [0.15, 0.2) is 66.7 Å². The minimum Gasteiger partial charge on any atom is -0.273 e. The van der Waals surface area contributed by atoms with Gasteiger partial charge in [-0.25, -0.2) is 0 Å². The maximum Gasteiger partial charge on any atom is 0.261 e. The van der Waals surface area contributed by atoms with Crippen molar-refractivity contribution in [3.8, 4) is 11.5 Å². The summed E-state index contributed by atoms with van der Waals surface area (Å²) in [6.07, 6.45) is 0. The minimum absolute atomic E-state index is 0.227. The van der Waals surface area contributed by atoms with E-state index in [0.29, 0.717) is 11.1 Å². The summed E-state index contributed by atoms with van der Waals surface area (Å²) in [5.74, 6) is 2.74. The number of amides is 2. The Balaban J connectivity index is 1.77. The van der Waals surface area contributed by atoms with Crippen LogP contribution in [0.1, 0.15) is 32.2 Å². The van der Waals surface area contributed by atoms with E-state index in [-0.39, 0.29) is 24.3 Å². The molecule has 0 saturated heterocycles. The zero-order valence-corrected chi connectivity index (χ0v) is 17.9. The Morgan fingerprint density at radius 3 is 2.07 bits per heavy atom. The molecule has 0 fully saturated rings. The molecule has 1 aliphatic heterocycles. The SMILES string of the molecule is C[Si](C)(C)C#CC(CN1C(=O)c2ccccc2C1=O)c1cccc2ccccc12. The zero-order valence-electron chi connectivity index (χ0n) is 16.9. The van der Waals surface area contributed by atoms with E-state index in [9.17, 15) is 9.59 Å². The lowest BCUT2D eigenvalue weighted by Gasteiger charge is -2.21. The number of rotatable bonds is 3. The van der Waals surface area contributed by atoms with E-state index in [2.05, 4.69) is 55.4 Å². The summed E-state index contributed by atoms with van der Waals surface area (Å²) in [7, 11) is -1.62. The fourth-order valence-electron chi connectivity index (χ4n) is 3.67. The summed E-state index contributed by atoms with van der Waals surface area (Å²) < 4.78 is 0. The van der Waals surface area contributed by atoms with Crippen molar-refractivity contribution in [1.82, 2.24) is 4.90 Å². The summed E-state index contributed by atoms with van der Waals surface area (Å²) >= 11 is 0. The third kappa shape index (κ3) is 3.74. The number of hydrogen-bond donors (Lipinski definition) is 0. The van der Waals surface area contributed by atoms with Crippen molar-refractivity contribution >= 4 is 30.7 Å². The van der Waals surface area contributed by atoms with Crippen LogP contribution in [0.5, 0.6) is 0 Å². The van der Waals surface area contributed by atoms with Crippen molar-refractivity contribution in [1.29, 1.82) is 0 Å². The number of imide groups is 1. The molecule has 3 aromatic rings. The number of nitrogens with zero attached hydrogens (tertiary/aromatic N) is 1. The number of fused-ring (bicyclic) bond motifs is 2. The monoisotopic (exact) mass is 397 g/mol. The van der Waals surface area contributed by atoms with Crippen LogP contribution < -0.4 is 0 Å². The van der Waals surface area contributed by atoms with Crippen LogP contribution >= 0.6 is 0 Å². The number of carbonyl (C=O) groups is 2. The first-order chi connectivity index (χ1) is 13.8. The highest BCUT2D eigenvalue weighted by Crippen LogP contribution is 2.30. The van der Waals surface area contributed by atoms with Crippen LogP contribution in [-0.2, 0) is 0 Å². The Hall–Kier alpha value is -3.16. The van der Waals surface area contributed by atoms with Crippen molar-refractivity contribution < 1.29 is 9.59 Å². The Morgan fingerprint density at radius 2 is 1.41 bits per heavy atom. The second-order valence-electron chi connectivity index (χ2n) is 8.41. The molecule has 0 spiro atoms. The third-order valence-corrected chi connectivity index (χ3v) is 5.96. The molecule has 4 heteroatoms. The Morgan fingerprint density at radius 1 is 0.828 bits per heavy atom. The van der Waals surface area contributed by atoms with Gasteiger partial charge in [0.2, 0.25) is 0 Å². The fourth-order valence-corrected chi connectivity index (χ4v) is 4.27. The predicted molar refractivity (Wildman–Crippen MR) is 120 cm³/mol. The van der Waals surface area contributed by atoms with Gasteiger partial charge in [0.1, 0.15) is 8.07 Å². The molecule has 0 N–H and O–H groups in total. The molecule has 0 aromatic heterocycles. The molecule has 3 nitrogen and oxygen atoms in total. The van der Waals surface area contributed by atoms with Crippen molar-refractivity contribution in [3.63, 3.8) is 0 Å². The van der Waals surface area contributed by atoms with Crippen LogP contribution in [0, 0.1) is 11.5 Å². The summed E-state index contributed by atoms with van der Waals surface area (Å²) in [6.45, 7) is 6.85. The molecule has 1 heterocycles. The minimum atomic E-state index is -1.62. The molecule has 0 bridgehead atoms. The quantitative estimate of drug-likeness (QED) is 0.350. The average molecular weight is 398 g/mol. The zero-order chi connectivity index (χ0) is 20.6. The normalized spacial score (nSPS) is 14.5. The molecular formula is C25H23NO2Si. The molecule has 1 aliphatic rings. The molecule has 1 atom stereocenters. The average Bonchev–Trinajstić information content (AvgIpc) is 2.95. The molecule has 3 aromatic carbocycles. The van der Waals surface area contributed by atoms with Crippen molar-refractivity contribution in [2.45, 2.75) is 25.6 Å². The Labute approximate surface area is 172 Å². The number of hydrogen-bond acceptors (Lipinski definition) is 2. The molecule has 4 rings (SSSR count). The first-order valence-corrected chi connectivity index (χ1v) is 13.3. The van der Waals surface area contributed by atoms with E-state index in [1.807, 2.05) is 18.2 Å². The highest BCUT2D eigenvalue weighted by atomic mass is 28.3. The summed E-state index contributed by atoms with van der Waals surface area (Å²) in [6, 6.07) is 21.3. The molecule has 0 aliphatic carbocycles. The number of benzene rings is 3. The molecule has 0 radical (unpaired) electrons. The molecule has 29 heavy (non-hydrogen) atoms. The Kier molecular flexibility index (Phi) is 4.85. The van der Waals surface area contributed by atoms with E-state index < -0.39 is 8.07 Å². The molecule has 2 amide bonds. The van der Waals surface area contributed by atoms with Gasteiger partial charge in [-0.2, -0.15) is 0 Å². The lowest BCUT2D eigenvalue weighted by molar-refractivity contribution is 0.0651. The van der Waals surface area contributed by atoms with E-state index in [0.717, 1.165) is 16.3 Å². The summed E-state index contributed by atoms with van der Waals surface area (Å²) in [5.41, 5.74) is 5.47. The van der Waals surface area contributed by atoms with E-state index in [1.165, 1.54) is 4.90 Å². The van der Waals surface area contributed by atoms with E-state index >= 15 is 0 Å². The van der Waals surface area contributed by atoms with Crippen molar-refractivity contribution in [2.75, 3.05) is 6.54 Å². The fraction of sp³-hybridized carbons (Fsp3) is 0.200. The third-order valence-electron chi connectivity index (χ3n) is 5.06. The van der Waals surface area contributed by atoms with Gasteiger partial charge < -0.3 is 0 Å². The van der Waals surface area contributed by atoms with Crippen molar-refractivity contribution in [3.05, 3.63) is 83.4 Å². The summed E-state index contributed by atoms with van der Waals surface area (Å²) in [4.78, 5) is 27.2. The van der Waals surface area contributed by atoms with Gasteiger partial charge in [0.15, 0.2) is 0 Å². The van der Waals surface area contributed by atoms with Crippen LogP contribution in [-0.4, -0.2) is 31.3 Å². The van der Waals surface area contributed by atoms with Gasteiger partial charge in [0.25, 0.3) is 11.8 Å². The topological polar surface area (TPSA) is 37.4 Å². The first-order valence-electron chi connectivity index (χ1n) is 9.81. The van der Waals surface area contributed by atoms with Crippen LogP contribution in [0.3, 0.4) is 0 Å². The predicted octanol–water partition coefficient (Wildman–Crippen LogP) is 5.10. The second kappa shape index (κ2) is 7.34. The molecule has 0 saturated carbocycles. The van der Waals surface area contributed by atoms with Gasteiger partial charge in [-0.3, -0.25) is 14.5 Å². The standard InChI is InChI=1S/C25H23NO2Si/c1-29(2,3)16-15-19(21-14-8-10-18-9-4-5-11-20(18)21)17-26-24(27)22-12-6-7-13-23(22)25(26)28/h4-14,19H,17H2,1-3H3. The van der Waals surface area contributed by atoms with Gasteiger partial charge >= 0.3 is 0 Å². The Bertz CT molecular complexity index is 1140. The van der Waals surface area contributed by atoms with Gasteiger partial charge in [-0.05, 0) is 28.5 Å². The molecular weight excluding hydrogens is 374 g/mol. The lowest BCUT2D eigenvalue weighted by atomic mass is 9.93. The largest absolute Gasteiger partial charge is 0.273 e. The smallest absolute Gasteiger partial charge is 0.261 e. The molecule has 1 unspecified atom stereocenters. The highest BCUT2D eigenvalue weighted by molar-refractivity contribution is 6.83. The van der Waals surface area contributed by atoms with Gasteiger partial charge in [-0.1, -0.05) is 74.2 Å². The number of carbonyl (C=O) groups excluding carboxylic acids is 2. The van der Waals surface area contributed by atoms with Gasteiger partial charge in [-0.15, -0.1) is 11.5 Å². The van der Waals surface area contributed by atoms with E-state index in [4.69, 9.17) is 0 Å². The van der Waals surface area contributed by atoms with Crippen LogP contribution in [0.2, 0.25) is 19.6 Å². The second-order valence-corrected chi connectivity index (χ2v) is 13.2. The van der Waals surface area contributed by atoms with Gasteiger partial charge in [0, 0.05) is 6.54 Å². The summed E-state index contributed by atoms with van der Waals surface area (Å²) in [5, 5.41) is 2.24. The van der Waals surface area contributed by atoms with Crippen LogP contribution in [0.4, 0.5) is 0 Å². The maximum atomic E-state index is 12.9. The molecule has 144 valence electrons. The maximum absolute atomic E-state index is 12.9. The first kappa shape index (κ1) is 19.2. The van der Waals surface area contributed by atoms with Crippen molar-refractivity contribution in [2.24, 2.45) is 0 Å². The van der Waals surface area contributed by atoms with Gasteiger partial charge in [0.05, 0.1) is 17.0 Å².